The summed E-state index contributed by atoms with van der Waals surface area (Å²) in [7, 11) is 0. The molecule has 1 N–H and O–H groups in total. The van der Waals surface area contributed by atoms with Crippen LogP contribution in [0, 0.1) is 6.92 Å². The van der Waals surface area contributed by atoms with Gasteiger partial charge in [-0.05, 0) is 30.9 Å². The Bertz CT molecular complexity index is 334. The lowest BCUT2D eigenvalue weighted by atomic mass is 9.98. The highest BCUT2D eigenvalue weighted by Gasteiger charge is 2.43. The summed E-state index contributed by atoms with van der Waals surface area (Å²) in [5.41, 5.74) is 2.11. The average molecular weight is 198 g/mol. The Balaban J connectivity index is 2.37. The van der Waals surface area contributed by atoms with Gasteiger partial charge in [0.05, 0.1) is 6.61 Å². The fourth-order valence-corrected chi connectivity index (χ4v) is 1.64. The van der Waals surface area contributed by atoms with E-state index < -0.39 is 0 Å². The van der Waals surface area contributed by atoms with Gasteiger partial charge in [0.15, 0.2) is 0 Å². The largest absolute Gasteiger partial charge is 0.395 e. The molecule has 0 radical (unpaired) electrons. The number of pyridine rings is 1. The van der Waals surface area contributed by atoms with Crippen LogP contribution in [-0.2, 0) is 5.41 Å². The zero-order chi connectivity index (χ0) is 9.47. The maximum atomic E-state index is 9.21. The van der Waals surface area contributed by atoms with E-state index >= 15 is 0 Å². The average Bonchev–Trinajstić information content (AvgIpc) is 2.90. The molecule has 2 rings (SSSR count). The molecule has 70 valence electrons. The van der Waals surface area contributed by atoms with Gasteiger partial charge in [0, 0.05) is 11.6 Å². The monoisotopic (exact) mass is 197 g/mol. The van der Waals surface area contributed by atoms with E-state index in [4.69, 9.17) is 11.6 Å². The van der Waals surface area contributed by atoms with Gasteiger partial charge in [-0.1, -0.05) is 17.7 Å². The summed E-state index contributed by atoms with van der Waals surface area (Å²) in [5, 5.41) is 9.76. The zero-order valence-electron chi connectivity index (χ0n) is 7.55. The first kappa shape index (κ1) is 8.97. The normalized spacial score (nSPS) is 18.7. The topological polar surface area (TPSA) is 33.1 Å². The van der Waals surface area contributed by atoms with Crippen molar-refractivity contribution in [3.05, 3.63) is 28.5 Å². The highest BCUT2D eigenvalue weighted by molar-refractivity contribution is 6.30. The molecule has 1 heterocycles. The standard InChI is InChI=1S/C10H12ClNO/c1-7-4-8(5-12-9(7)11)10(6-13)2-3-10/h4-5,13H,2-3,6H2,1H3. The second-order valence-corrected chi connectivity index (χ2v) is 4.13. The van der Waals surface area contributed by atoms with Crippen molar-refractivity contribution in [2.24, 2.45) is 0 Å². The van der Waals surface area contributed by atoms with Crippen LogP contribution in [0.3, 0.4) is 0 Å². The minimum absolute atomic E-state index is 0.00233. The van der Waals surface area contributed by atoms with Gasteiger partial charge in [-0.25, -0.2) is 4.98 Å². The van der Waals surface area contributed by atoms with Crippen molar-refractivity contribution in [1.29, 1.82) is 0 Å². The highest BCUT2D eigenvalue weighted by atomic mass is 35.5. The van der Waals surface area contributed by atoms with Gasteiger partial charge >= 0.3 is 0 Å². The first-order valence-electron chi connectivity index (χ1n) is 4.41. The molecule has 0 unspecified atom stereocenters. The summed E-state index contributed by atoms with van der Waals surface area (Å²) in [4.78, 5) is 4.09. The number of hydrogen-bond donors (Lipinski definition) is 1. The van der Waals surface area contributed by atoms with E-state index in [1.807, 2.05) is 13.0 Å². The quantitative estimate of drug-likeness (QED) is 0.737. The Morgan fingerprint density at radius 1 is 1.62 bits per heavy atom. The number of aryl methyl sites for hydroxylation is 1. The van der Waals surface area contributed by atoms with Gasteiger partial charge in [-0.3, -0.25) is 0 Å². The molecular weight excluding hydrogens is 186 g/mol. The van der Waals surface area contributed by atoms with Crippen LogP contribution in [0.25, 0.3) is 0 Å². The highest BCUT2D eigenvalue weighted by Crippen LogP contribution is 2.47. The van der Waals surface area contributed by atoms with Crippen molar-refractivity contribution in [3.63, 3.8) is 0 Å². The molecule has 0 spiro atoms. The van der Waals surface area contributed by atoms with Crippen LogP contribution in [-0.4, -0.2) is 16.7 Å². The van der Waals surface area contributed by atoms with Crippen molar-refractivity contribution in [1.82, 2.24) is 4.98 Å². The third-order valence-corrected chi connectivity index (χ3v) is 3.18. The van der Waals surface area contributed by atoms with Gasteiger partial charge in [0.2, 0.25) is 0 Å². The van der Waals surface area contributed by atoms with Crippen LogP contribution in [0.4, 0.5) is 0 Å². The van der Waals surface area contributed by atoms with Crippen LogP contribution < -0.4 is 0 Å². The van der Waals surface area contributed by atoms with Crippen molar-refractivity contribution >= 4 is 11.6 Å². The smallest absolute Gasteiger partial charge is 0.131 e. The summed E-state index contributed by atoms with van der Waals surface area (Å²) in [6.45, 7) is 2.15. The summed E-state index contributed by atoms with van der Waals surface area (Å²) >= 11 is 5.82. The Kier molecular flexibility index (Phi) is 2.05. The van der Waals surface area contributed by atoms with Crippen LogP contribution in [0.2, 0.25) is 5.15 Å². The Morgan fingerprint density at radius 3 is 2.77 bits per heavy atom. The second kappa shape index (κ2) is 2.96. The van der Waals surface area contributed by atoms with Gasteiger partial charge < -0.3 is 5.11 Å². The lowest BCUT2D eigenvalue weighted by Gasteiger charge is -2.12. The molecule has 1 aliphatic carbocycles. The molecule has 1 saturated carbocycles. The van der Waals surface area contributed by atoms with Crippen LogP contribution in [0.5, 0.6) is 0 Å². The Labute approximate surface area is 82.6 Å². The fraction of sp³-hybridized carbons (Fsp3) is 0.500. The molecule has 1 aliphatic rings. The lowest BCUT2D eigenvalue weighted by molar-refractivity contribution is 0.255. The predicted octanol–water partition coefficient (Wildman–Crippen LogP) is 2.07. The zero-order valence-corrected chi connectivity index (χ0v) is 8.30. The number of hydrogen-bond acceptors (Lipinski definition) is 2. The SMILES string of the molecule is Cc1cc(C2(CO)CC2)cnc1Cl. The molecule has 0 bridgehead atoms. The third kappa shape index (κ3) is 1.45. The maximum absolute atomic E-state index is 9.21. The summed E-state index contributed by atoms with van der Waals surface area (Å²) < 4.78 is 0. The first-order valence-corrected chi connectivity index (χ1v) is 4.79. The number of aromatic nitrogens is 1. The molecule has 3 heteroatoms. The van der Waals surface area contributed by atoms with Gasteiger partial charge in [0.25, 0.3) is 0 Å². The molecular formula is C10H12ClNO. The van der Waals surface area contributed by atoms with Crippen LogP contribution in [0.1, 0.15) is 24.0 Å². The van der Waals surface area contributed by atoms with Gasteiger partial charge in [-0.15, -0.1) is 0 Å². The number of halogens is 1. The van der Waals surface area contributed by atoms with E-state index in [1.165, 1.54) is 0 Å². The molecule has 1 fully saturated rings. The van der Waals surface area contributed by atoms with Crippen LogP contribution >= 0.6 is 11.6 Å². The molecule has 0 aliphatic heterocycles. The third-order valence-electron chi connectivity index (χ3n) is 2.78. The molecule has 0 atom stereocenters. The molecule has 1 aromatic heterocycles. The van der Waals surface area contributed by atoms with E-state index in [1.54, 1.807) is 6.20 Å². The van der Waals surface area contributed by atoms with Crippen LogP contribution in [0.15, 0.2) is 12.3 Å². The number of aliphatic hydroxyl groups is 1. The maximum Gasteiger partial charge on any atom is 0.131 e. The van der Waals surface area contributed by atoms with E-state index in [-0.39, 0.29) is 12.0 Å². The number of aliphatic hydroxyl groups excluding tert-OH is 1. The molecule has 0 saturated heterocycles. The van der Waals surface area contributed by atoms with E-state index in [2.05, 4.69) is 4.98 Å². The minimum atomic E-state index is 0.00233. The fourth-order valence-electron chi connectivity index (χ4n) is 1.54. The summed E-state index contributed by atoms with van der Waals surface area (Å²) in [5.74, 6) is 0. The minimum Gasteiger partial charge on any atom is -0.395 e. The van der Waals surface area contributed by atoms with E-state index in [9.17, 15) is 5.11 Å². The summed E-state index contributed by atoms with van der Waals surface area (Å²) in [6, 6.07) is 2.03. The lowest BCUT2D eigenvalue weighted by Crippen LogP contribution is -2.12. The molecule has 1 aromatic rings. The van der Waals surface area contributed by atoms with E-state index in [0.717, 1.165) is 24.0 Å². The molecule has 2 nitrogen and oxygen atoms in total. The van der Waals surface area contributed by atoms with Gasteiger partial charge in [0.1, 0.15) is 5.15 Å². The number of nitrogens with zero attached hydrogens (tertiary/aromatic N) is 1. The van der Waals surface area contributed by atoms with Crippen molar-refractivity contribution in [3.8, 4) is 0 Å². The molecule has 0 aromatic carbocycles. The van der Waals surface area contributed by atoms with Crippen molar-refractivity contribution in [2.45, 2.75) is 25.2 Å². The summed E-state index contributed by atoms with van der Waals surface area (Å²) in [6.07, 6.45) is 3.90. The number of rotatable bonds is 2. The molecule has 0 amide bonds. The predicted molar refractivity (Wildman–Crippen MR) is 52.0 cm³/mol. The van der Waals surface area contributed by atoms with Gasteiger partial charge in [-0.2, -0.15) is 0 Å². The second-order valence-electron chi connectivity index (χ2n) is 3.77. The van der Waals surface area contributed by atoms with E-state index in [0.29, 0.717) is 5.15 Å². The van der Waals surface area contributed by atoms with Crippen molar-refractivity contribution in [2.75, 3.05) is 6.61 Å². The Hall–Kier alpha value is -0.600. The first-order chi connectivity index (χ1) is 6.18. The van der Waals surface area contributed by atoms with Crippen molar-refractivity contribution < 1.29 is 5.11 Å². The molecule has 13 heavy (non-hydrogen) atoms. The Morgan fingerprint density at radius 2 is 2.31 bits per heavy atom.